The molecule has 9 nitrogen and oxygen atoms in total. The van der Waals surface area contributed by atoms with Gasteiger partial charge in [-0.05, 0) is 52.1 Å². The third-order valence-electron chi connectivity index (χ3n) is 9.64. The Morgan fingerprint density at radius 2 is 0.782 bits per heavy atom. The molecule has 5 aromatic rings. The molecular weight excluding hydrogens is 696 g/mol. The van der Waals surface area contributed by atoms with Gasteiger partial charge in [-0.3, -0.25) is 4.79 Å². The van der Waals surface area contributed by atoms with E-state index < -0.39 is 42.4 Å². The van der Waals surface area contributed by atoms with Crippen LogP contribution in [0.2, 0.25) is 0 Å². The number of esters is 1. The van der Waals surface area contributed by atoms with Crippen LogP contribution in [0, 0.1) is 5.92 Å². The van der Waals surface area contributed by atoms with Crippen LogP contribution in [0.5, 0.6) is 11.5 Å². The highest BCUT2D eigenvalue weighted by Gasteiger charge is 2.55. The Labute approximate surface area is 324 Å². The number of hydrogen-bond donors (Lipinski definition) is 0. The molecule has 0 unspecified atom stereocenters. The number of ether oxygens (including phenoxy) is 8. The molecule has 0 saturated heterocycles. The molecule has 0 amide bonds. The molecule has 0 heterocycles. The zero-order chi connectivity index (χ0) is 38.2. The van der Waals surface area contributed by atoms with Crippen molar-refractivity contribution in [2.75, 3.05) is 20.8 Å². The second-order valence-electron chi connectivity index (χ2n) is 13.5. The maximum absolute atomic E-state index is 13.0. The first-order valence-electron chi connectivity index (χ1n) is 18.6. The summed E-state index contributed by atoms with van der Waals surface area (Å²) < 4.78 is 51.0. The summed E-state index contributed by atoms with van der Waals surface area (Å²) in [5, 5.41) is 0. The van der Waals surface area contributed by atoms with E-state index in [1.165, 1.54) is 6.92 Å². The standard InChI is InChI=1S/C46H50O9/c1-33(47)55-43-41(32-50-27-34-13-7-4-8-14-34)42(51-28-35-15-9-5-10-16-35)44(52-30-37-19-23-39(48-2)24-20-37)46(54-29-36-17-11-6-12-18-36)45(43)53-31-38-21-25-40(49-3)26-22-38/h4-26,41-46H,27-32H2,1-3H3/t41-,42-,43+,44+,45-,46-/m1/s1. The van der Waals surface area contributed by atoms with Gasteiger partial charge in [0.15, 0.2) is 0 Å². The van der Waals surface area contributed by atoms with Gasteiger partial charge in [-0.15, -0.1) is 0 Å². The van der Waals surface area contributed by atoms with Crippen molar-refractivity contribution in [2.24, 2.45) is 5.92 Å². The Morgan fingerprint density at radius 3 is 1.18 bits per heavy atom. The van der Waals surface area contributed by atoms with Crippen LogP contribution in [-0.4, -0.2) is 57.3 Å². The van der Waals surface area contributed by atoms with Crippen molar-refractivity contribution in [3.8, 4) is 11.5 Å². The van der Waals surface area contributed by atoms with Gasteiger partial charge in [0.1, 0.15) is 35.9 Å². The monoisotopic (exact) mass is 746 g/mol. The molecule has 0 aromatic heterocycles. The third kappa shape index (κ3) is 11.5. The van der Waals surface area contributed by atoms with Gasteiger partial charge in [0, 0.05) is 6.92 Å². The third-order valence-corrected chi connectivity index (χ3v) is 9.64. The molecule has 9 heteroatoms. The van der Waals surface area contributed by atoms with Gasteiger partial charge in [-0.25, -0.2) is 0 Å². The molecule has 1 fully saturated rings. The second kappa shape index (κ2) is 20.6. The maximum Gasteiger partial charge on any atom is 0.303 e. The van der Waals surface area contributed by atoms with Crippen molar-refractivity contribution in [3.05, 3.63) is 167 Å². The topological polar surface area (TPSA) is 90.9 Å². The summed E-state index contributed by atoms with van der Waals surface area (Å²) in [5.41, 5.74) is 4.85. The highest BCUT2D eigenvalue weighted by Crippen LogP contribution is 2.38. The molecule has 0 N–H and O–H groups in total. The summed E-state index contributed by atoms with van der Waals surface area (Å²) in [5.74, 6) is 0.540. The summed E-state index contributed by atoms with van der Waals surface area (Å²) in [6.45, 7) is 3.00. The van der Waals surface area contributed by atoms with Gasteiger partial charge >= 0.3 is 5.97 Å². The number of carbonyl (C=O) groups is 1. The number of methoxy groups -OCH3 is 2. The molecule has 6 rings (SSSR count). The number of carbonyl (C=O) groups excluding carboxylic acids is 1. The van der Waals surface area contributed by atoms with Gasteiger partial charge in [0.05, 0.1) is 65.9 Å². The van der Waals surface area contributed by atoms with E-state index in [0.717, 1.165) is 39.3 Å². The zero-order valence-corrected chi connectivity index (χ0v) is 31.7. The second-order valence-corrected chi connectivity index (χ2v) is 13.5. The number of rotatable bonds is 19. The number of benzene rings is 5. The zero-order valence-electron chi connectivity index (χ0n) is 31.7. The molecule has 1 saturated carbocycles. The minimum absolute atomic E-state index is 0.197. The first kappa shape index (κ1) is 39.7. The maximum atomic E-state index is 13.0. The van der Waals surface area contributed by atoms with Crippen molar-refractivity contribution in [2.45, 2.75) is 70.5 Å². The SMILES string of the molecule is COc1ccc(CO[C@@H]2[C@@H](OCc3ccccc3)[C@H](OCc3ccc(OC)cc3)[C@@H](OC(C)=O)[C@H](COCc3ccccc3)[C@H]2OCc2ccccc2)cc1. The molecule has 1 aliphatic carbocycles. The van der Waals surface area contributed by atoms with Crippen molar-refractivity contribution in [1.29, 1.82) is 0 Å². The van der Waals surface area contributed by atoms with Gasteiger partial charge in [0.2, 0.25) is 0 Å². The predicted molar refractivity (Wildman–Crippen MR) is 208 cm³/mol. The van der Waals surface area contributed by atoms with E-state index in [1.807, 2.05) is 140 Å². The van der Waals surface area contributed by atoms with E-state index in [1.54, 1.807) is 14.2 Å². The summed E-state index contributed by atoms with van der Waals surface area (Å²) in [6.07, 6.45) is -3.62. The quantitative estimate of drug-likeness (QED) is 0.0778. The minimum Gasteiger partial charge on any atom is -0.497 e. The van der Waals surface area contributed by atoms with E-state index in [0.29, 0.717) is 13.2 Å². The van der Waals surface area contributed by atoms with Crippen LogP contribution < -0.4 is 9.47 Å². The number of hydrogen-bond acceptors (Lipinski definition) is 9. The van der Waals surface area contributed by atoms with Crippen molar-refractivity contribution in [1.82, 2.24) is 0 Å². The lowest BCUT2D eigenvalue weighted by Gasteiger charge is -2.49. The lowest BCUT2D eigenvalue weighted by atomic mass is 9.77. The summed E-state index contributed by atoms with van der Waals surface area (Å²) in [4.78, 5) is 13.0. The highest BCUT2D eigenvalue weighted by molar-refractivity contribution is 5.66. The fourth-order valence-electron chi connectivity index (χ4n) is 6.81. The van der Waals surface area contributed by atoms with Crippen LogP contribution in [0.15, 0.2) is 140 Å². The van der Waals surface area contributed by atoms with Gasteiger partial charge in [-0.2, -0.15) is 0 Å². The van der Waals surface area contributed by atoms with Gasteiger partial charge in [-0.1, -0.05) is 115 Å². The first-order valence-corrected chi connectivity index (χ1v) is 18.6. The van der Waals surface area contributed by atoms with E-state index in [4.69, 9.17) is 37.9 Å². The smallest absolute Gasteiger partial charge is 0.303 e. The van der Waals surface area contributed by atoms with Crippen molar-refractivity contribution in [3.63, 3.8) is 0 Å². The van der Waals surface area contributed by atoms with Crippen molar-refractivity contribution < 1.29 is 42.7 Å². The molecular formula is C46H50O9. The fraction of sp³-hybridized carbons (Fsp3) is 0.326. The van der Waals surface area contributed by atoms with Crippen LogP contribution in [0.25, 0.3) is 0 Å². The van der Waals surface area contributed by atoms with E-state index >= 15 is 0 Å². The Kier molecular flexibility index (Phi) is 14.8. The minimum atomic E-state index is -0.811. The van der Waals surface area contributed by atoms with Gasteiger partial charge < -0.3 is 37.9 Å². The first-order chi connectivity index (χ1) is 27.0. The fourth-order valence-corrected chi connectivity index (χ4v) is 6.81. The normalized spacial score (nSPS) is 20.8. The molecule has 0 aliphatic heterocycles. The Bertz CT molecular complexity index is 1840. The lowest BCUT2D eigenvalue weighted by molar-refractivity contribution is -0.270. The Hall–Kier alpha value is -5.03. The van der Waals surface area contributed by atoms with Crippen LogP contribution in [0.3, 0.4) is 0 Å². The van der Waals surface area contributed by atoms with Crippen LogP contribution in [-0.2, 0) is 66.3 Å². The Morgan fingerprint density at radius 1 is 0.436 bits per heavy atom. The molecule has 55 heavy (non-hydrogen) atoms. The lowest BCUT2D eigenvalue weighted by Crippen LogP contribution is -2.65. The van der Waals surface area contributed by atoms with Crippen LogP contribution >= 0.6 is 0 Å². The van der Waals surface area contributed by atoms with Crippen LogP contribution in [0.1, 0.15) is 34.7 Å². The average Bonchev–Trinajstić information content (AvgIpc) is 3.23. The molecule has 6 atom stereocenters. The summed E-state index contributed by atoms with van der Waals surface area (Å²) in [6, 6.07) is 45.3. The molecule has 1 aliphatic rings. The molecule has 0 radical (unpaired) electrons. The van der Waals surface area contributed by atoms with E-state index in [2.05, 4.69) is 0 Å². The van der Waals surface area contributed by atoms with Crippen molar-refractivity contribution >= 4 is 5.97 Å². The largest absolute Gasteiger partial charge is 0.497 e. The molecule has 288 valence electrons. The summed E-state index contributed by atoms with van der Waals surface area (Å²) in [7, 11) is 3.27. The Balaban J connectivity index is 1.39. The molecule has 5 aromatic carbocycles. The predicted octanol–water partition coefficient (Wildman–Crippen LogP) is 8.12. The average molecular weight is 747 g/mol. The summed E-state index contributed by atoms with van der Waals surface area (Å²) >= 11 is 0. The van der Waals surface area contributed by atoms with E-state index in [9.17, 15) is 4.79 Å². The van der Waals surface area contributed by atoms with Crippen LogP contribution in [0.4, 0.5) is 0 Å². The van der Waals surface area contributed by atoms with Gasteiger partial charge in [0.25, 0.3) is 0 Å². The molecule has 0 bridgehead atoms. The highest BCUT2D eigenvalue weighted by atomic mass is 16.6. The molecule has 0 spiro atoms. The van der Waals surface area contributed by atoms with E-state index in [-0.39, 0.29) is 26.4 Å².